The molecule has 18 heavy (non-hydrogen) atoms. The minimum Gasteiger partial charge on any atom is -0.342 e. The predicted molar refractivity (Wildman–Crippen MR) is 76.5 cm³/mol. The highest BCUT2D eigenvalue weighted by molar-refractivity contribution is 5.77. The summed E-state index contributed by atoms with van der Waals surface area (Å²) in [5, 5.41) is 3.48. The van der Waals surface area contributed by atoms with Crippen LogP contribution in [-0.2, 0) is 4.79 Å². The molecule has 3 heteroatoms. The third-order valence-electron chi connectivity index (χ3n) is 4.55. The Morgan fingerprint density at radius 3 is 2.56 bits per heavy atom. The summed E-state index contributed by atoms with van der Waals surface area (Å²) in [5.74, 6) is 0.879. The second kappa shape index (κ2) is 6.05. The molecule has 0 spiro atoms. The number of nitrogens with one attached hydrogen (secondary N) is 1. The van der Waals surface area contributed by atoms with Crippen molar-refractivity contribution in [3.05, 3.63) is 0 Å². The van der Waals surface area contributed by atoms with Crippen molar-refractivity contribution in [3.63, 3.8) is 0 Å². The van der Waals surface area contributed by atoms with Gasteiger partial charge in [0.25, 0.3) is 0 Å². The van der Waals surface area contributed by atoms with E-state index in [0.717, 1.165) is 6.54 Å². The maximum Gasteiger partial charge on any atom is 0.224 e. The van der Waals surface area contributed by atoms with Crippen LogP contribution in [0.15, 0.2) is 0 Å². The molecule has 1 aliphatic rings. The van der Waals surface area contributed by atoms with E-state index in [2.05, 4.69) is 39.9 Å². The molecular weight excluding hydrogens is 224 g/mol. The first-order valence-electron chi connectivity index (χ1n) is 7.22. The van der Waals surface area contributed by atoms with Gasteiger partial charge >= 0.3 is 0 Å². The number of carbonyl (C=O) groups is 1. The Kier molecular flexibility index (Phi) is 5.20. The van der Waals surface area contributed by atoms with E-state index >= 15 is 0 Å². The van der Waals surface area contributed by atoms with Gasteiger partial charge in [0, 0.05) is 25.6 Å². The summed E-state index contributed by atoms with van der Waals surface area (Å²) in [6, 6.07) is 0.629. The van der Waals surface area contributed by atoms with Crippen LogP contribution < -0.4 is 5.32 Å². The molecule has 3 atom stereocenters. The Balaban J connectivity index is 2.54. The molecule has 3 unspecified atom stereocenters. The lowest BCUT2D eigenvalue weighted by molar-refractivity contribution is -0.134. The fourth-order valence-electron chi connectivity index (χ4n) is 2.52. The van der Waals surface area contributed by atoms with Crippen molar-refractivity contribution in [2.75, 3.05) is 13.6 Å². The Bertz CT molecular complexity index is 283. The maximum atomic E-state index is 12.3. The van der Waals surface area contributed by atoms with Gasteiger partial charge in [0.15, 0.2) is 0 Å². The third kappa shape index (κ3) is 3.98. The second-order valence-corrected chi connectivity index (χ2v) is 6.93. The van der Waals surface area contributed by atoms with E-state index < -0.39 is 0 Å². The zero-order valence-electron chi connectivity index (χ0n) is 12.9. The highest BCUT2D eigenvalue weighted by atomic mass is 16.2. The minimum atomic E-state index is 0.135. The number of nitrogens with zero attached hydrogens (tertiary/aromatic N) is 1. The summed E-state index contributed by atoms with van der Waals surface area (Å²) >= 11 is 0. The molecule has 0 aromatic rings. The number of hydrogen-bond acceptors (Lipinski definition) is 2. The lowest BCUT2D eigenvalue weighted by Crippen LogP contribution is -2.47. The second-order valence-electron chi connectivity index (χ2n) is 6.93. The van der Waals surface area contributed by atoms with Crippen molar-refractivity contribution in [1.82, 2.24) is 10.2 Å². The first kappa shape index (κ1) is 15.5. The summed E-state index contributed by atoms with van der Waals surface area (Å²) in [6.07, 6.45) is 3.11. The number of hydrogen-bond donors (Lipinski definition) is 1. The van der Waals surface area contributed by atoms with E-state index in [1.54, 1.807) is 0 Å². The molecular formula is C15H30N2O. The predicted octanol–water partition coefficient (Wildman–Crippen LogP) is 2.66. The lowest BCUT2D eigenvalue weighted by Gasteiger charge is -2.37. The van der Waals surface area contributed by atoms with Crippen LogP contribution in [0, 0.1) is 11.3 Å². The van der Waals surface area contributed by atoms with Gasteiger partial charge in [-0.2, -0.15) is 0 Å². The van der Waals surface area contributed by atoms with Crippen LogP contribution in [0.4, 0.5) is 0 Å². The zero-order valence-corrected chi connectivity index (χ0v) is 12.9. The van der Waals surface area contributed by atoms with Crippen LogP contribution in [0.2, 0.25) is 0 Å². The molecule has 1 rings (SSSR count). The smallest absolute Gasteiger partial charge is 0.224 e. The molecule has 3 nitrogen and oxygen atoms in total. The maximum absolute atomic E-state index is 12.3. The standard InChI is InChI=1S/C15H30N2O/c1-11-8-7-9-16-13(11)10-14(18)17(6)12(2)15(3,4)5/h11-13,16H,7-10H2,1-6H3. The van der Waals surface area contributed by atoms with Gasteiger partial charge < -0.3 is 10.2 Å². The monoisotopic (exact) mass is 254 g/mol. The van der Waals surface area contributed by atoms with Crippen molar-refractivity contribution in [2.45, 2.75) is 66.0 Å². The van der Waals surface area contributed by atoms with Crippen LogP contribution in [-0.4, -0.2) is 36.5 Å². The van der Waals surface area contributed by atoms with Crippen LogP contribution in [0.5, 0.6) is 0 Å². The Hall–Kier alpha value is -0.570. The van der Waals surface area contributed by atoms with Crippen LogP contribution in [0.1, 0.15) is 53.9 Å². The molecule has 0 radical (unpaired) electrons. The Morgan fingerprint density at radius 1 is 1.44 bits per heavy atom. The minimum absolute atomic E-state index is 0.135. The number of carbonyl (C=O) groups excluding carboxylic acids is 1. The van der Waals surface area contributed by atoms with Crippen molar-refractivity contribution in [3.8, 4) is 0 Å². The molecule has 106 valence electrons. The molecule has 1 saturated heterocycles. The van der Waals surface area contributed by atoms with Gasteiger partial charge in [0.05, 0.1) is 0 Å². The topological polar surface area (TPSA) is 32.3 Å². The highest BCUT2D eigenvalue weighted by Gasteiger charge is 2.30. The first-order chi connectivity index (χ1) is 8.23. The average molecular weight is 254 g/mol. The third-order valence-corrected chi connectivity index (χ3v) is 4.55. The molecule has 0 aliphatic carbocycles. The summed E-state index contributed by atoms with van der Waals surface area (Å²) in [7, 11) is 1.94. The van der Waals surface area contributed by atoms with Crippen LogP contribution in [0.25, 0.3) is 0 Å². The average Bonchev–Trinajstić information content (AvgIpc) is 2.29. The van der Waals surface area contributed by atoms with E-state index in [4.69, 9.17) is 0 Å². The first-order valence-corrected chi connectivity index (χ1v) is 7.22. The largest absolute Gasteiger partial charge is 0.342 e. The Labute approximate surface area is 112 Å². The Morgan fingerprint density at radius 2 is 2.06 bits per heavy atom. The van der Waals surface area contributed by atoms with E-state index in [1.807, 2.05) is 11.9 Å². The zero-order chi connectivity index (χ0) is 13.9. The van der Waals surface area contributed by atoms with E-state index in [0.29, 0.717) is 18.4 Å². The molecule has 0 aromatic heterocycles. The van der Waals surface area contributed by atoms with Gasteiger partial charge in [-0.15, -0.1) is 0 Å². The normalized spacial score (nSPS) is 26.8. The van der Waals surface area contributed by atoms with E-state index in [-0.39, 0.29) is 17.4 Å². The van der Waals surface area contributed by atoms with Crippen LogP contribution >= 0.6 is 0 Å². The fraction of sp³-hybridized carbons (Fsp3) is 0.933. The number of rotatable bonds is 3. The number of piperidine rings is 1. The van der Waals surface area contributed by atoms with Crippen molar-refractivity contribution in [1.29, 1.82) is 0 Å². The molecule has 1 heterocycles. The van der Waals surface area contributed by atoms with Gasteiger partial charge in [-0.25, -0.2) is 0 Å². The van der Waals surface area contributed by atoms with Crippen molar-refractivity contribution < 1.29 is 4.79 Å². The molecule has 1 fully saturated rings. The summed E-state index contributed by atoms with van der Waals surface area (Å²) in [5.41, 5.74) is 0.135. The molecule has 1 aliphatic heterocycles. The van der Waals surface area contributed by atoms with Crippen molar-refractivity contribution >= 4 is 5.91 Å². The summed E-state index contributed by atoms with van der Waals surface area (Å²) in [6.45, 7) is 12.0. The lowest BCUT2D eigenvalue weighted by atomic mass is 9.86. The highest BCUT2D eigenvalue weighted by Crippen LogP contribution is 2.25. The quantitative estimate of drug-likeness (QED) is 0.840. The van der Waals surface area contributed by atoms with Gasteiger partial charge in [-0.3, -0.25) is 4.79 Å². The van der Waals surface area contributed by atoms with E-state index in [9.17, 15) is 4.79 Å². The fourth-order valence-corrected chi connectivity index (χ4v) is 2.52. The molecule has 0 aromatic carbocycles. The molecule has 0 saturated carbocycles. The summed E-state index contributed by atoms with van der Waals surface area (Å²) in [4.78, 5) is 14.3. The number of amides is 1. The van der Waals surface area contributed by atoms with Gasteiger partial charge in [0.2, 0.25) is 5.91 Å². The van der Waals surface area contributed by atoms with Crippen LogP contribution in [0.3, 0.4) is 0 Å². The molecule has 1 amide bonds. The summed E-state index contributed by atoms with van der Waals surface area (Å²) < 4.78 is 0. The van der Waals surface area contributed by atoms with Crippen molar-refractivity contribution in [2.24, 2.45) is 11.3 Å². The van der Waals surface area contributed by atoms with Gasteiger partial charge in [0.1, 0.15) is 0 Å². The van der Waals surface area contributed by atoms with Gasteiger partial charge in [-0.05, 0) is 37.6 Å². The SMILES string of the molecule is CC1CCCNC1CC(=O)N(C)C(C)C(C)(C)C. The van der Waals surface area contributed by atoms with Gasteiger partial charge in [-0.1, -0.05) is 27.7 Å². The molecule has 0 bridgehead atoms. The molecule has 1 N–H and O–H groups in total. The van der Waals surface area contributed by atoms with E-state index in [1.165, 1.54) is 12.8 Å².